The number of nitrogens with one attached hydrogen (secondary N) is 1. The van der Waals surface area contributed by atoms with E-state index < -0.39 is 16.0 Å². The lowest BCUT2D eigenvalue weighted by Crippen LogP contribution is -2.16. The van der Waals surface area contributed by atoms with Gasteiger partial charge in [0.2, 0.25) is 0 Å². The fourth-order valence-corrected chi connectivity index (χ4v) is 3.76. The Balaban J connectivity index is 2.50. The third-order valence-corrected chi connectivity index (χ3v) is 5.35. The van der Waals surface area contributed by atoms with Gasteiger partial charge in [-0.1, -0.05) is 11.6 Å². The molecule has 0 atom stereocenters. The van der Waals surface area contributed by atoms with Crippen molar-refractivity contribution in [1.29, 1.82) is 0 Å². The summed E-state index contributed by atoms with van der Waals surface area (Å²) in [5, 5.41) is 0.144. The van der Waals surface area contributed by atoms with E-state index in [0.29, 0.717) is 12.4 Å². The predicted molar refractivity (Wildman–Crippen MR) is 104 cm³/mol. The molecule has 0 aromatic heterocycles. The lowest BCUT2D eigenvalue weighted by atomic mass is 10.1. The van der Waals surface area contributed by atoms with E-state index in [1.165, 1.54) is 51.7 Å². The zero-order valence-electron chi connectivity index (χ0n) is 15.7. The SMILES string of the molecule is CCOc1ccc(S(=O)(=O)Nc2cc(OC)c(OC)cc2C(=O)OC)cc1Cl. The number of rotatable bonds is 8. The second kappa shape index (κ2) is 9.03. The summed E-state index contributed by atoms with van der Waals surface area (Å²) in [6.07, 6.45) is 0. The Morgan fingerprint density at radius 3 is 2.21 bits per heavy atom. The fourth-order valence-electron chi connectivity index (χ4n) is 2.37. The summed E-state index contributed by atoms with van der Waals surface area (Å²) in [6, 6.07) is 6.72. The molecular weight excluding hydrogens is 410 g/mol. The highest BCUT2D eigenvalue weighted by Gasteiger charge is 2.23. The highest BCUT2D eigenvalue weighted by Crippen LogP contribution is 2.35. The monoisotopic (exact) mass is 429 g/mol. The van der Waals surface area contributed by atoms with Crippen LogP contribution in [0, 0.1) is 0 Å². The molecule has 0 saturated carbocycles. The van der Waals surface area contributed by atoms with Gasteiger partial charge in [-0.15, -0.1) is 0 Å². The maximum absolute atomic E-state index is 12.8. The molecule has 2 aromatic carbocycles. The topological polar surface area (TPSA) is 100 Å². The zero-order valence-corrected chi connectivity index (χ0v) is 17.3. The highest BCUT2D eigenvalue weighted by molar-refractivity contribution is 7.92. The van der Waals surface area contributed by atoms with E-state index in [4.69, 9.17) is 30.5 Å². The molecule has 0 fully saturated rings. The number of hydrogen-bond acceptors (Lipinski definition) is 7. The number of carbonyl (C=O) groups excluding carboxylic acids is 1. The summed E-state index contributed by atoms with van der Waals surface area (Å²) in [6.45, 7) is 2.17. The molecule has 2 rings (SSSR count). The number of carbonyl (C=O) groups is 1. The number of halogens is 1. The molecule has 0 aliphatic heterocycles. The number of ether oxygens (including phenoxy) is 4. The lowest BCUT2D eigenvalue weighted by molar-refractivity contribution is 0.0601. The Bertz CT molecular complexity index is 976. The maximum atomic E-state index is 12.8. The lowest BCUT2D eigenvalue weighted by Gasteiger charge is -2.16. The van der Waals surface area contributed by atoms with Gasteiger partial charge in [-0.3, -0.25) is 4.72 Å². The standard InChI is InChI=1S/C18H20ClNO7S/c1-5-27-15-7-6-11(8-13(15)19)28(22,23)20-14-10-17(25-3)16(24-2)9-12(14)18(21)26-4/h6-10,20H,5H2,1-4H3. The Morgan fingerprint density at radius 2 is 1.68 bits per heavy atom. The molecule has 2 aromatic rings. The minimum Gasteiger partial charge on any atom is -0.493 e. The van der Waals surface area contributed by atoms with Crippen LogP contribution in [-0.2, 0) is 14.8 Å². The number of esters is 1. The average Bonchev–Trinajstić information content (AvgIpc) is 2.68. The van der Waals surface area contributed by atoms with Crippen molar-refractivity contribution in [1.82, 2.24) is 0 Å². The van der Waals surface area contributed by atoms with Gasteiger partial charge in [0.15, 0.2) is 11.5 Å². The van der Waals surface area contributed by atoms with E-state index in [0.717, 1.165) is 0 Å². The first-order chi connectivity index (χ1) is 13.3. The highest BCUT2D eigenvalue weighted by atomic mass is 35.5. The van der Waals surface area contributed by atoms with Crippen LogP contribution >= 0.6 is 11.6 Å². The molecule has 0 aliphatic rings. The second-order valence-corrected chi connectivity index (χ2v) is 7.46. The number of benzene rings is 2. The fraction of sp³-hybridized carbons (Fsp3) is 0.278. The number of anilines is 1. The van der Waals surface area contributed by atoms with Crippen LogP contribution in [-0.4, -0.2) is 42.3 Å². The Hall–Kier alpha value is -2.65. The van der Waals surface area contributed by atoms with Gasteiger partial charge in [0, 0.05) is 12.1 Å². The smallest absolute Gasteiger partial charge is 0.340 e. The molecule has 152 valence electrons. The Labute approximate surface area is 168 Å². The Kier molecular flexibility index (Phi) is 6.98. The summed E-state index contributed by atoms with van der Waals surface area (Å²) < 4.78 is 48.3. The van der Waals surface area contributed by atoms with Gasteiger partial charge in [0.25, 0.3) is 10.0 Å². The summed E-state index contributed by atoms with van der Waals surface area (Å²) in [4.78, 5) is 12.0. The molecule has 0 radical (unpaired) electrons. The van der Waals surface area contributed by atoms with Gasteiger partial charge in [-0.25, -0.2) is 13.2 Å². The van der Waals surface area contributed by atoms with E-state index >= 15 is 0 Å². The zero-order chi connectivity index (χ0) is 20.9. The van der Waals surface area contributed by atoms with Crippen molar-refractivity contribution in [2.75, 3.05) is 32.7 Å². The molecule has 1 N–H and O–H groups in total. The maximum Gasteiger partial charge on any atom is 0.340 e. The van der Waals surface area contributed by atoms with Crippen molar-refractivity contribution in [3.63, 3.8) is 0 Å². The van der Waals surface area contributed by atoms with Crippen LogP contribution in [0.4, 0.5) is 5.69 Å². The first-order valence-corrected chi connectivity index (χ1v) is 9.93. The van der Waals surface area contributed by atoms with Crippen LogP contribution in [0.2, 0.25) is 5.02 Å². The summed E-state index contributed by atoms with van der Waals surface area (Å²) in [5.41, 5.74) is -0.0738. The van der Waals surface area contributed by atoms with Crippen LogP contribution in [0.3, 0.4) is 0 Å². The molecule has 0 aliphatic carbocycles. The van der Waals surface area contributed by atoms with Crippen molar-refractivity contribution in [2.45, 2.75) is 11.8 Å². The Morgan fingerprint density at radius 1 is 1.04 bits per heavy atom. The molecule has 0 heterocycles. The first kappa shape index (κ1) is 21.6. The molecule has 28 heavy (non-hydrogen) atoms. The van der Waals surface area contributed by atoms with Crippen LogP contribution in [0.25, 0.3) is 0 Å². The van der Waals surface area contributed by atoms with E-state index in [-0.39, 0.29) is 32.7 Å². The quantitative estimate of drug-likeness (QED) is 0.642. The number of methoxy groups -OCH3 is 3. The van der Waals surface area contributed by atoms with Crippen molar-refractivity contribution in [3.8, 4) is 17.2 Å². The van der Waals surface area contributed by atoms with E-state index in [1.54, 1.807) is 6.92 Å². The van der Waals surface area contributed by atoms with Crippen LogP contribution in [0.1, 0.15) is 17.3 Å². The predicted octanol–water partition coefficient (Wildman–Crippen LogP) is 3.34. The largest absolute Gasteiger partial charge is 0.493 e. The molecule has 0 amide bonds. The molecule has 0 spiro atoms. The average molecular weight is 430 g/mol. The van der Waals surface area contributed by atoms with Gasteiger partial charge in [-0.05, 0) is 25.1 Å². The number of sulfonamides is 1. The normalized spacial score (nSPS) is 10.9. The van der Waals surface area contributed by atoms with Gasteiger partial charge in [-0.2, -0.15) is 0 Å². The molecule has 0 bridgehead atoms. The van der Waals surface area contributed by atoms with Crippen LogP contribution < -0.4 is 18.9 Å². The van der Waals surface area contributed by atoms with E-state index in [9.17, 15) is 13.2 Å². The van der Waals surface area contributed by atoms with Crippen molar-refractivity contribution < 1.29 is 32.2 Å². The summed E-state index contributed by atoms with van der Waals surface area (Å²) in [7, 11) is -0.104. The molecule has 0 saturated heterocycles. The molecule has 8 nitrogen and oxygen atoms in total. The molecule has 10 heteroatoms. The van der Waals surface area contributed by atoms with Crippen molar-refractivity contribution in [3.05, 3.63) is 40.9 Å². The molecule has 0 unspecified atom stereocenters. The van der Waals surface area contributed by atoms with E-state index in [2.05, 4.69) is 4.72 Å². The third kappa shape index (κ3) is 4.60. The van der Waals surface area contributed by atoms with Gasteiger partial charge in [0.1, 0.15) is 5.75 Å². The number of hydrogen-bond donors (Lipinski definition) is 1. The third-order valence-electron chi connectivity index (χ3n) is 3.69. The minimum atomic E-state index is -4.07. The summed E-state index contributed by atoms with van der Waals surface area (Å²) >= 11 is 6.08. The second-order valence-electron chi connectivity index (χ2n) is 5.38. The van der Waals surface area contributed by atoms with Crippen LogP contribution in [0.15, 0.2) is 35.2 Å². The van der Waals surface area contributed by atoms with E-state index in [1.807, 2.05) is 0 Å². The molecular formula is C18H20ClNO7S. The van der Waals surface area contributed by atoms with Gasteiger partial charge < -0.3 is 18.9 Å². The van der Waals surface area contributed by atoms with Gasteiger partial charge in [0.05, 0.1) is 49.1 Å². The first-order valence-electron chi connectivity index (χ1n) is 8.06. The summed E-state index contributed by atoms with van der Waals surface area (Å²) in [5.74, 6) is 0.0976. The van der Waals surface area contributed by atoms with Crippen molar-refractivity contribution >= 4 is 33.3 Å². The minimum absolute atomic E-state index is 0.0329. The van der Waals surface area contributed by atoms with Gasteiger partial charge >= 0.3 is 5.97 Å². The van der Waals surface area contributed by atoms with Crippen LogP contribution in [0.5, 0.6) is 17.2 Å². The van der Waals surface area contributed by atoms with Crippen molar-refractivity contribution in [2.24, 2.45) is 0 Å².